The standard InChI is InChI=1S/C18H18ClNO3/c1-12-3-5-13(6-4-12)11-20-18(21)14-9-15(19)17-16(10-14)22-7-2-8-23-17/h3-6,9-10H,2,7-8,11H2,1H3,(H,20,21). The molecule has 120 valence electrons. The highest BCUT2D eigenvalue weighted by molar-refractivity contribution is 6.32. The molecule has 3 rings (SSSR count). The summed E-state index contributed by atoms with van der Waals surface area (Å²) in [7, 11) is 0. The summed E-state index contributed by atoms with van der Waals surface area (Å²) in [5.41, 5.74) is 2.70. The summed E-state index contributed by atoms with van der Waals surface area (Å²) < 4.78 is 11.2. The van der Waals surface area contributed by atoms with Gasteiger partial charge in [0.2, 0.25) is 0 Å². The Bertz CT molecular complexity index is 713. The number of carbonyl (C=O) groups is 1. The maximum Gasteiger partial charge on any atom is 0.251 e. The van der Waals surface area contributed by atoms with E-state index < -0.39 is 0 Å². The second-order valence-corrected chi connectivity index (χ2v) is 5.91. The summed E-state index contributed by atoms with van der Waals surface area (Å²) in [6.07, 6.45) is 0.792. The van der Waals surface area contributed by atoms with Crippen LogP contribution in [0.1, 0.15) is 27.9 Å². The van der Waals surface area contributed by atoms with Gasteiger partial charge in [0.15, 0.2) is 11.5 Å². The molecular formula is C18H18ClNO3. The molecule has 0 radical (unpaired) electrons. The summed E-state index contributed by atoms with van der Waals surface area (Å²) in [6.45, 7) is 3.61. The van der Waals surface area contributed by atoms with Crippen LogP contribution in [-0.4, -0.2) is 19.1 Å². The Hall–Kier alpha value is -2.20. The molecule has 1 aliphatic heterocycles. The van der Waals surface area contributed by atoms with Gasteiger partial charge in [-0.15, -0.1) is 0 Å². The van der Waals surface area contributed by atoms with Crippen LogP contribution in [0.3, 0.4) is 0 Å². The van der Waals surface area contributed by atoms with E-state index in [9.17, 15) is 4.79 Å². The van der Waals surface area contributed by atoms with Crippen molar-refractivity contribution in [1.82, 2.24) is 5.32 Å². The topological polar surface area (TPSA) is 47.6 Å². The fourth-order valence-electron chi connectivity index (χ4n) is 2.35. The number of ether oxygens (including phenoxy) is 2. The molecule has 0 saturated carbocycles. The van der Waals surface area contributed by atoms with Crippen LogP contribution in [-0.2, 0) is 6.54 Å². The van der Waals surface area contributed by atoms with Crippen LogP contribution >= 0.6 is 11.6 Å². The lowest BCUT2D eigenvalue weighted by molar-refractivity contribution is 0.0950. The van der Waals surface area contributed by atoms with Gasteiger partial charge in [0, 0.05) is 18.5 Å². The molecule has 1 N–H and O–H groups in total. The maximum atomic E-state index is 12.3. The highest BCUT2D eigenvalue weighted by Crippen LogP contribution is 2.37. The van der Waals surface area contributed by atoms with Gasteiger partial charge in [0.05, 0.1) is 18.2 Å². The van der Waals surface area contributed by atoms with E-state index >= 15 is 0 Å². The molecule has 1 heterocycles. The highest BCUT2D eigenvalue weighted by Gasteiger charge is 2.18. The van der Waals surface area contributed by atoms with Crippen LogP contribution in [0.5, 0.6) is 11.5 Å². The van der Waals surface area contributed by atoms with Crippen molar-refractivity contribution in [2.75, 3.05) is 13.2 Å². The number of halogens is 1. The van der Waals surface area contributed by atoms with Gasteiger partial charge in [-0.2, -0.15) is 0 Å². The van der Waals surface area contributed by atoms with Gasteiger partial charge in [0.1, 0.15) is 0 Å². The Balaban J connectivity index is 1.73. The first kappa shape index (κ1) is 15.7. The molecule has 0 spiro atoms. The number of amides is 1. The summed E-state index contributed by atoms with van der Waals surface area (Å²) in [5.74, 6) is 0.845. The van der Waals surface area contributed by atoms with Crippen molar-refractivity contribution in [2.24, 2.45) is 0 Å². The second-order valence-electron chi connectivity index (χ2n) is 5.50. The minimum atomic E-state index is -0.192. The van der Waals surface area contributed by atoms with E-state index in [-0.39, 0.29) is 5.91 Å². The van der Waals surface area contributed by atoms with Crippen LogP contribution in [0.2, 0.25) is 5.02 Å². The van der Waals surface area contributed by atoms with Gasteiger partial charge in [-0.05, 0) is 24.6 Å². The molecular weight excluding hydrogens is 314 g/mol. The SMILES string of the molecule is Cc1ccc(CNC(=O)c2cc(Cl)c3c(c2)OCCCO3)cc1. The Morgan fingerprint density at radius 2 is 1.91 bits per heavy atom. The molecule has 1 amide bonds. The molecule has 2 aromatic rings. The average Bonchev–Trinajstić information content (AvgIpc) is 2.80. The lowest BCUT2D eigenvalue weighted by Crippen LogP contribution is -2.22. The fourth-order valence-corrected chi connectivity index (χ4v) is 2.62. The summed E-state index contributed by atoms with van der Waals surface area (Å²) in [4.78, 5) is 12.3. The van der Waals surface area contributed by atoms with E-state index in [0.29, 0.717) is 41.8 Å². The Labute approximate surface area is 140 Å². The van der Waals surface area contributed by atoms with Crippen molar-refractivity contribution < 1.29 is 14.3 Å². The molecule has 5 heteroatoms. The first-order valence-electron chi connectivity index (χ1n) is 7.56. The van der Waals surface area contributed by atoms with Crippen LogP contribution in [0.15, 0.2) is 36.4 Å². The number of hydrogen-bond donors (Lipinski definition) is 1. The third-order valence-corrected chi connectivity index (χ3v) is 3.92. The molecule has 23 heavy (non-hydrogen) atoms. The number of carbonyl (C=O) groups excluding carboxylic acids is 1. The fraction of sp³-hybridized carbons (Fsp3) is 0.278. The molecule has 0 aromatic heterocycles. The van der Waals surface area contributed by atoms with Gasteiger partial charge in [-0.25, -0.2) is 0 Å². The van der Waals surface area contributed by atoms with Crippen molar-refractivity contribution in [3.8, 4) is 11.5 Å². The number of nitrogens with one attached hydrogen (secondary N) is 1. The van der Waals surface area contributed by atoms with Gasteiger partial charge < -0.3 is 14.8 Å². The summed E-state index contributed by atoms with van der Waals surface area (Å²) in [6, 6.07) is 11.3. The lowest BCUT2D eigenvalue weighted by atomic mass is 10.1. The Morgan fingerprint density at radius 1 is 1.17 bits per heavy atom. The highest BCUT2D eigenvalue weighted by atomic mass is 35.5. The minimum absolute atomic E-state index is 0.192. The van der Waals surface area contributed by atoms with Crippen LogP contribution < -0.4 is 14.8 Å². The first-order valence-corrected chi connectivity index (χ1v) is 7.94. The molecule has 0 unspecified atom stereocenters. The van der Waals surface area contributed by atoms with Gasteiger partial charge in [-0.1, -0.05) is 41.4 Å². The van der Waals surface area contributed by atoms with Crippen molar-refractivity contribution in [3.05, 3.63) is 58.1 Å². The molecule has 1 aliphatic rings. The second kappa shape index (κ2) is 6.92. The monoisotopic (exact) mass is 331 g/mol. The summed E-state index contributed by atoms with van der Waals surface area (Å²) in [5, 5.41) is 3.28. The number of rotatable bonds is 3. The largest absolute Gasteiger partial charge is 0.489 e. The van der Waals surface area contributed by atoms with Crippen molar-refractivity contribution in [1.29, 1.82) is 0 Å². The molecule has 4 nitrogen and oxygen atoms in total. The Kier molecular flexibility index (Phi) is 4.72. The van der Waals surface area contributed by atoms with E-state index in [1.165, 1.54) is 5.56 Å². The zero-order chi connectivity index (χ0) is 16.2. The minimum Gasteiger partial charge on any atom is -0.489 e. The smallest absolute Gasteiger partial charge is 0.251 e. The Morgan fingerprint density at radius 3 is 2.70 bits per heavy atom. The quantitative estimate of drug-likeness (QED) is 0.932. The average molecular weight is 332 g/mol. The first-order chi connectivity index (χ1) is 11.1. The zero-order valence-corrected chi connectivity index (χ0v) is 13.7. The zero-order valence-electron chi connectivity index (χ0n) is 12.9. The van der Waals surface area contributed by atoms with Crippen LogP contribution in [0, 0.1) is 6.92 Å². The van der Waals surface area contributed by atoms with Gasteiger partial charge in [-0.3, -0.25) is 4.79 Å². The molecule has 0 aliphatic carbocycles. The molecule has 0 bridgehead atoms. The summed E-state index contributed by atoms with van der Waals surface area (Å²) >= 11 is 6.21. The number of benzene rings is 2. The van der Waals surface area contributed by atoms with E-state index in [1.54, 1.807) is 12.1 Å². The van der Waals surface area contributed by atoms with Crippen molar-refractivity contribution in [2.45, 2.75) is 19.9 Å². The number of hydrogen-bond acceptors (Lipinski definition) is 3. The maximum absolute atomic E-state index is 12.3. The third-order valence-electron chi connectivity index (χ3n) is 3.64. The van der Waals surface area contributed by atoms with Gasteiger partial charge >= 0.3 is 0 Å². The molecule has 2 aromatic carbocycles. The molecule has 0 fully saturated rings. The number of aryl methyl sites for hydroxylation is 1. The van der Waals surface area contributed by atoms with Crippen molar-refractivity contribution >= 4 is 17.5 Å². The van der Waals surface area contributed by atoms with E-state index in [2.05, 4.69) is 5.32 Å². The van der Waals surface area contributed by atoms with E-state index in [0.717, 1.165) is 12.0 Å². The van der Waals surface area contributed by atoms with Gasteiger partial charge in [0.25, 0.3) is 5.91 Å². The predicted molar refractivity (Wildman–Crippen MR) is 89.4 cm³/mol. The number of fused-ring (bicyclic) bond motifs is 1. The van der Waals surface area contributed by atoms with E-state index in [1.807, 2.05) is 31.2 Å². The van der Waals surface area contributed by atoms with Crippen LogP contribution in [0.25, 0.3) is 0 Å². The van der Waals surface area contributed by atoms with Crippen molar-refractivity contribution in [3.63, 3.8) is 0 Å². The predicted octanol–water partition coefficient (Wildman–Crippen LogP) is 3.74. The molecule has 0 saturated heterocycles. The lowest BCUT2D eigenvalue weighted by Gasteiger charge is -2.12. The molecule has 0 atom stereocenters. The normalized spacial score (nSPS) is 13.3. The van der Waals surface area contributed by atoms with Crippen LogP contribution in [0.4, 0.5) is 0 Å². The third kappa shape index (κ3) is 3.77. The van der Waals surface area contributed by atoms with E-state index in [4.69, 9.17) is 21.1 Å².